The van der Waals surface area contributed by atoms with Gasteiger partial charge in [0.15, 0.2) is 0 Å². The highest BCUT2D eigenvalue weighted by molar-refractivity contribution is 5.07. The van der Waals surface area contributed by atoms with Crippen molar-refractivity contribution in [1.82, 2.24) is 15.4 Å². The van der Waals surface area contributed by atoms with Crippen molar-refractivity contribution < 1.29 is 5.21 Å². The molecule has 0 saturated heterocycles. The molecule has 0 fully saturated rings. The van der Waals surface area contributed by atoms with E-state index in [1.54, 1.807) is 6.33 Å². The Hall–Kier alpha value is -0.870. The quantitative estimate of drug-likeness (QED) is 0.497. The second-order valence-corrected chi connectivity index (χ2v) is 1.81. The van der Waals surface area contributed by atoms with Crippen molar-refractivity contribution in [2.45, 2.75) is 13.5 Å². The number of hydroxylamine groups is 1. The van der Waals surface area contributed by atoms with E-state index in [2.05, 4.69) is 9.97 Å². The third kappa shape index (κ3) is 1.28. The van der Waals surface area contributed by atoms with Crippen molar-refractivity contribution in [3.63, 3.8) is 0 Å². The average Bonchev–Trinajstić information content (AvgIpc) is 2.18. The van der Waals surface area contributed by atoms with Crippen LogP contribution in [-0.2, 0) is 6.54 Å². The van der Waals surface area contributed by atoms with Crippen LogP contribution < -0.4 is 5.48 Å². The molecule has 3 N–H and O–H groups in total. The lowest BCUT2D eigenvalue weighted by Gasteiger charge is -1.92. The van der Waals surface area contributed by atoms with E-state index in [1.807, 2.05) is 12.4 Å². The molecule has 50 valence electrons. The molecule has 0 radical (unpaired) electrons. The number of nitrogens with zero attached hydrogens (tertiary/aromatic N) is 1. The van der Waals surface area contributed by atoms with Crippen molar-refractivity contribution in [2.24, 2.45) is 0 Å². The number of aryl methyl sites for hydroxylation is 1. The van der Waals surface area contributed by atoms with Crippen LogP contribution in [0, 0.1) is 6.92 Å². The summed E-state index contributed by atoms with van der Waals surface area (Å²) < 4.78 is 0. The van der Waals surface area contributed by atoms with Gasteiger partial charge in [0, 0.05) is 5.69 Å². The summed E-state index contributed by atoms with van der Waals surface area (Å²) >= 11 is 0. The molecule has 0 saturated carbocycles. The summed E-state index contributed by atoms with van der Waals surface area (Å²) in [7, 11) is 0. The fraction of sp³-hybridized carbons (Fsp3) is 0.400. The summed E-state index contributed by atoms with van der Waals surface area (Å²) in [5.41, 5.74) is 3.86. The van der Waals surface area contributed by atoms with E-state index < -0.39 is 0 Å². The first-order chi connectivity index (χ1) is 4.34. The molecular formula is C5H9N3O. The van der Waals surface area contributed by atoms with E-state index in [9.17, 15) is 0 Å². The lowest BCUT2D eigenvalue weighted by molar-refractivity contribution is 0.160. The smallest absolute Gasteiger partial charge is 0.0925 e. The van der Waals surface area contributed by atoms with Crippen molar-refractivity contribution in [1.29, 1.82) is 0 Å². The van der Waals surface area contributed by atoms with Gasteiger partial charge in [-0.05, 0) is 6.92 Å². The van der Waals surface area contributed by atoms with Crippen LogP contribution in [0.15, 0.2) is 6.33 Å². The van der Waals surface area contributed by atoms with Gasteiger partial charge in [-0.3, -0.25) is 0 Å². The zero-order valence-corrected chi connectivity index (χ0v) is 5.18. The van der Waals surface area contributed by atoms with Crippen LogP contribution in [0.3, 0.4) is 0 Å². The average molecular weight is 127 g/mol. The summed E-state index contributed by atoms with van der Waals surface area (Å²) in [5, 5.41) is 8.26. The van der Waals surface area contributed by atoms with Gasteiger partial charge in [0.25, 0.3) is 0 Å². The van der Waals surface area contributed by atoms with Gasteiger partial charge in [-0.1, -0.05) is 0 Å². The molecule has 1 aromatic heterocycles. The molecule has 0 unspecified atom stereocenters. The molecular weight excluding hydrogens is 118 g/mol. The minimum atomic E-state index is 0.398. The Morgan fingerprint density at radius 1 is 1.89 bits per heavy atom. The molecule has 1 rings (SSSR count). The number of aromatic nitrogens is 2. The van der Waals surface area contributed by atoms with Gasteiger partial charge in [0.05, 0.1) is 18.6 Å². The highest BCUT2D eigenvalue weighted by Gasteiger charge is 1.96. The van der Waals surface area contributed by atoms with Gasteiger partial charge in [-0.15, -0.1) is 0 Å². The first kappa shape index (κ1) is 6.25. The Balaban J connectivity index is 2.69. The zero-order chi connectivity index (χ0) is 6.69. The fourth-order valence-electron chi connectivity index (χ4n) is 0.640. The zero-order valence-electron chi connectivity index (χ0n) is 5.18. The Bertz CT molecular complexity index is 184. The van der Waals surface area contributed by atoms with E-state index in [0.29, 0.717) is 6.54 Å². The second kappa shape index (κ2) is 2.61. The first-order valence-corrected chi connectivity index (χ1v) is 2.70. The molecule has 4 nitrogen and oxygen atoms in total. The number of H-pyrrole nitrogens is 1. The monoisotopic (exact) mass is 127 g/mol. The minimum Gasteiger partial charge on any atom is -0.348 e. The normalized spacial score (nSPS) is 10.0. The van der Waals surface area contributed by atoms with Crippen LogP contribution in [0.2, 0.25) is 0 Å². The highest BCUT2D eigenvalue weighted by Crippen LogP contribution is 1.97. The number of nitrogens with one attached hydrogen (secondary N) is 2. The first-order valence-electron chi connectivity index (χ1n) is 2.70. The maximum atomic E-state index is 8.26. The number of hydrogen-bond donors (Lipinski definition) is 3. The molecule has 0 atom stereocenters. The lowest BCUT2D eigenvalue weighted by atomic mass is 10.3. The highest BCUT2D eigenvalue weighted by atomic mass is 16.5. The van der Waals surface area contributed by atoms with Crippen molar-refractivity contribution in [3.8, 4) is 0 Å². The van der Waals surface area contributed by atoms with E-state index in [-0.39, 0.29) is 0 Å². The number of hydrogen-bond acceptors (Lipinski definition) is 3. The molecule has 0 amide bonds. The molecule has 0 bridgehead atoms. The van der Waals surface area contributed by atoms with E-state index in [1.165, 1.54) is 0 Å². The Morgan fingerprint density at radius 3 is 3.11 bits per heavy atom. The molecule has 0 aliphatic rings. The van der Waals surface area contributed by atoms with Gasteiger partial charge in [-0.25, -0.2) is 4.98 Å². The number of imidazole rings is 1. The Morgan fingerprint density at radius 2 is 2.67 bits per heavy atom. The summed E-state index contributed by atoms with van der Waals surface area (Å²) in [6.45, 7) is 2.30. The van der Waals surface area contributed by atoms with E-state index in [0.717, 1.165) is 11.4 Å². The van der Waals surface area contributed by atoms with Gasteiger partial charge in [0.1, 0.15) is 0 Å². The second-order valence-electron chi connectivity index (χ2n) is 1.81. The maximum Gasteiger partial charge on any atom is 0.0925 e. The van der Waals surface area contributed by atoms with Crippen LogP contribution in [0.4, 0.5) is 0 Å². The molecule has 0 aliphatic heterocycles. The predicted molar refractivity (Wildman–Crippen MR) is 32.0 cm³/mol. The van der Waals surface area contributed by atoms with Gasteiger partial charge >= 0.3 is 0 Å². The topological polar surface area (TPSA) is 60.9 Å². The molecule has 0 spiro atoms. The Kier molecular flexibility index (Phi) is 1.81. The van der Waals surface area contributed by atoms with Crippen molar-refractivity contribution in [2.75, 3.05) is 0 Å². The van der Waals surface area contributed by atoms with Crippen molar-refractivity contribution in [3.05, 3.63) is 17.7 Å². The maximum absolute atomic E-state index is 8.26. The lowest BCUT2D eigenvalue weighted by Crippen LogP contribution is -2.07. The molecule has 1 aromatic rings. The van der Waals surface area contributed by atoms with Crippen LogP contribution in [0.5, 0.6) is 0 Å². The molecule has 0 aromatic carbocycles. The molecule has 4 heteroatoms. The third-order valence-corrected chi connectivity index (χ3v) is 1.18. The van der Waals surface area contributed by atoms with Gasteiger partial charge in [-0.2, -0.15) is 5.48 Å². The largest absolute Gasteiger partial charge is 0.348 e. The van der Waals surface area contributed by atoms with Crippen LogP contribution >= 0.6 is 0 Å². The van der Waals surface area contributed by atoms with Crippen molar-refractivity contribution >= 4 is 0 Å². The fourth-order valence-corrected chi connectivity index (χ4v) is 0.640. The van der Waals surface area contributed by atoms with E-state index >= 15 is 0 Å². The minimum absolute atomic E-state index is 0.398. The third-order valence-electron chi connectivity index (χ3n) is 1.18. The van der Waals surface area contributed by atoms with Gasteiger partial charge in [0.2, 0.25) is 0 Å². The summed E-state index contributed by atoms with van der Waals surface area (Å²) in [6.07, 6.45) is 1.60. The summed E-state index contributed by atoms with van der Waals surface area (Å²) in [6, 6.07) is 0. The summed E-state index contributed by atoms with van der Waals surface area (Å²) in [5.74, 6) is 0. The molecule has 1 heterocycles. The van der Waals surface area contributed by atoms with Crippen LogP contribution in [0.1, 0.15) is 11.4 Å². The van der Waals surface area contributed by atoms with E-state index in [4.69, 9.17) is 5.21 Å². The SMILES string of the molecule is Cc1[nH]cnc1CNO. The summed E-state index contributed by atoms with van der Waals surface area (Å²) in [4.78, 5) is 6.82. The molecule has 9 heavy (non-hydrogen) atoms. The van der Waals surface area contributed by atoms with Crippen LogP contribution in [0.25, 0.3) is 0 Å². The van der Waals surface area contributed by atoms with Gasteiger partial charge < -0.3 is 10.2 Å². The van der Waals surface area contributed by atoms with Crippen LogP contribution in [-0.4, -0.2) is 15.2 Å². The number of aromatic amines is 1. The number of rotatable bonds is 2. The predicted octanol–water partition coefficient (Wildman–Crippen LogP) is 0.197. The standard InChI is InChI=1S/C5H9N3O/c1-4-5(2-8-9)7-3-6-4/h3,8-9H,2H2,1H3,(H,6,7). The molecule has 0 aliphatic carbocycles. The Labute approximate surface area is 52.9 Å².